The molecule has 0 aromatic carbocycles. The molecule has 1 fully saturated rings. The highest BCUT2D eigenvalue weighted by Gasteiger charge is 2.29. The van der Waals surface area contributed by atoms with Gasteiger partial charge in [0.2, 0.25) is 0 Å². The molecule has 2 heteroatoms. The van der Waals surface area contributed by atoms with Crippen molar-refractivity contribution < 1.29 is 4.74 Å². The van der Waals surface area contributed by atoms with Crippen LogP contribution in [-0.4, -0.2) is 19.3 Å². The molecule has 1 heterocycles. The van der Waals surface area contributed by atoms with E-state index in [-0.39, 0.29) is 0 Å². The summed E-state index contributed by atoms with van der Waals surface area (Å²) in [5.74, 6) is 1.33. The first kappa shape index (κ1) is 11.0. The normalized spacial score (nSPS) is 29.5. The Hall–Kier alpha value is -0.0800. The van der Waals surface area contributed by atoms with Gasteiger partial charge in [-0.05, 0) is 31.2 Å². The number of hydrogen-bond donors (Lipinski definition) is 1. The number of hydrogen-bond acceptors (Lipinski definition) is 2. The molecule has 2 atom stereocenters. The molecule has 0 aromatic rings. The minimum absolute atomic E-state index is 0.439. The van der Waals surface area contributed by atoms with Crippen molar-refractivity contribution in [2.45, 2.75) is 45.6 Å². The molecule has 0 amide bonds. The lowest BCUT2D eigenvalue weighted by atomic mass is 9.83. The molecule has 0 aromatic heterocycles. The maximum atomic E-state index is 5.85. The van der Waals surface area contributed by atoms with Gasteiger partial charge in [0, 0.05) is 6.61 Å². The van der Waals surface area contributed by atoms with E-state index in [1.54, 1.807) is 0 Å². The summed E-state index contributed by atoms with van der Waals surface area (Å²) in [6.07, 6.45) is 5.33. The van der Waals surface area contributed by atoms with Crippen LogP contribution < -0.4 is 5.73 Å². The molecule has 0 bridgehead atoms. The van der Waals surface area contributed by atoms with E-state index in [1.807, 2.05) is 0 Å². The number of nitrogens with two attached hydrogens (primary N) is 1. The van der Waals surface area contributed by atoms with Crippen LogP contribution in [0.1, 0.15) is 39.5 Å². The van der Waals surface area contributed by atoms with E-state index < -0.39 is 0 Å². The Kier molecular flexibility index (Phi) is 4.74. The zero-order valence-electron chi connectivity index (χ0n) is 8.96. The lowest BCUT2D eigenvalue weighted by Gasteiger charge is -2.36. The second-order valence-corrected chi connectivity index (χ2v) is 4.05. The Morgan fingerprint density at radius 3 is 2.62 bits per heavy atom. The Balaban J connectivity index is 2.51. The van der Waals surface area contributed by atoms with Crippen molar-refractivity contribution in [2.24, 2.45) is 17.6 Å². The van der Waals surface area contributed by atoms with Gasteiger partial charge in [-0.15, -0.1) is 0 Å². The van der Waals surface area contributed by atoms with Gasteiger partial charge in [-0.25, -0.2) is 0 Å². The van der Waals surface area contributed by atoms with Crippen LogP contribution in [0.15, 0.2) is 0 Å². The van der Waals surface area contributed by atoms with E-state index >= 15 is 0 Å². The fourth-order valence-electron chi connectivity index (χ4n) is 2.39. The summed E-state index contributed by atoms with van der Waals surface area (Å²) in [5.41, 5.74) is 5.76. The van der Waals surface area contributed by atoms with Gasteiger partial charge in [-0.3, -0.25) is 0 Å². The highest BCUT2D eigenvalue weighted by Crippen LogP contribution is 2.29. The van der Waals surface area contributed by atoms with Gasteiger partial charge in [-0.2, -0.15) is 0 Å². The maximum absolute atomic E-state index is 5.85. The summed E-state index contributed by atoms with van der Waals surface area (Å²) < 4.78 is 5.85. The lowest BCUT2D eigenvalue weighted by Crippen LogP contribution is -2.39. The van der Waals surface area contributed by atoms with E-state index in [9.17, 15) is 0 Å². The van der Waals surface area contributed by atoms with Crippen molar-refractivity contribution in [3.63, 3.8) is 0 Å². The zero-order valence-corrected chi connectivity index (χ0v) is 8.96. The largest absolute Gasteiger partial charge is 0.378 e. The molecule has 0 saturated carbocycles. The summed E-state index contributed by atoms with van der Waals surface area (Å²) in [5, 5.41) is 0. The Bertz CT molecular complexity index is 127. The third-order valence-electron chi connectivity index (χ3n) is 3.31. The monoisotopic (exact) mass is 185 g/mol. The topological polar surface area (TPSA) is 35.2 Å². The molecular formula is C11H23NO. The molecule has 1 saturated heterocycles. The number of rotatable bonds is 4. The highest BCUT2D eigenvalue weighted by molar-refractivity contribution is 4.80. The third kappa shape index (κ3) is 2.68. The van der Waals surface area contributed by atoms with Crippen molar-refractivity contribution >= 4 is 0 Å². The fourth-order valence-corrected chi connectivity index (χ4v) is 2.39. The van der Waals surface area contributed by atoms with E-state index in [4.69, 9.17) is 10.5 Å². The van der Waals surface area contributed by atoms with Crippen LogP contribution in [0, 0.1) is 11.8 Å². The summed E-state index contributed by atoms with van der Waals surface area (Å²) in [4.78, 5) is 0. The molecule has 1 aliphatic rings. The predicted octanol–water partition coefficient (Wildman–Crippen LogP) is 2.18. The molecule has 13 heavy (non-hydrogen) atoms. The van der Waals surface area contributed by atoms with Gasteiger partial charge in [0.05, 0.1) is 6.10 Å². The molecule has 2 unspecified atom stereocenters. The summed E-state index contributed by atoms with van der Waals surface area (Å²) >= 11 is 0. The fraction of sp³-hybridized carbons (Fsp3) is 1.00. The predicted molar refractivity (Wildman–Crippen MR) is 55.6 cm³/mol. The standard InChI is InChI=1S/C11H23NO/c1-3-9(4-2)11-10(8-12)6-5-7-13-11/h9-11H,3-8,12H2,1-2H3. The third-order valence-corrected chi connectivity index (χ3v) is 3.31. The Morgan fingerprint density at radius 1 is 1.38 bits per heavy atom. The van der Waals surface area contributed by atoms with Gasteiger partial charge in [0.25, 0.3) is 0 Å². The highest BCUT2D eigenvalue weighted by atomic mass is 16.5. The van der Waals surface area contributed by atoms with E-state index in [2.05, 4.69) is 13.8 Å². The minimum atomic E-state index is 0.439. The molecule has 0 spiro atoms. The first-order valence-electron chi connectivity index (χ1n) is 5.65. The quantitative estimate of drug-likeness (QED) is 0.728. The molecule has 78 valence electrons. The van der Waals surface area contributed by atoms with Crippen LogP contribution in [-0.2, 0) is 4.74 Å². The van der Waals surface area contributed by atoms with E-state index in [1.165, 1.54) is 25.7 Å². The van der Waals surface area contributed by atoms with Gasteiger partial charge in [0.1, 0.15) is 0 Å². The average molecular weight is 185 g/mol. The molecule has 1 aliphatic heterocycles. The Labute approximate surface area is 81.8 Å². The van der Waals surface area contributed by atoms with Crippen LogP contribution in [0.5, 0.6) is 0 Å². The van der Waals surface area contributed by atoms with Crippen molar-refractivity contribution in [1.29, 1.82) is 0 Å². The van der Waals surface area contributed by atoms with Gasteiger partial charge in [-0.1, -0.05) is 26.7 Å². The lowest BCUT2D eigenvalue weighted by molar-refractivity contribution is -0.0594. The number of ether oxygens (including phenoxy) is 1. The van der Waals surface area contributed by atoms with Crippen molar-refractivity contribution in [3.05, 3.63) is 0 Å². The SMILES string of the molecule is CCC(CC)C1OCCCC1CN. The second kappa shape index (κ2) is 5.61. The molecule has 0 radical (unpaired) electrons. The first-order chi connectivity index (χ1) is 6.33. The summed E-state index contributed by atoms with van der Waals surface area (Å²) in [6.45, 7) is 6.23. The second-order valence-electron chi connectivity index (χ2n) is 4.05. The van der Waals surface area contributed by atoms with Crippen LogP contribution in [0.2, 0.25) is 0 Å². The smallest absolute Gasteiger partial charge is 0.0643 e. The summed E-state index contributed by atoms with van der Waals surface area (Å²) in [7, 11) is 0. The zero-order chi connectivity index (χ0) is 9.68. The van der Waals surface area contributed by atoms with Crippen molar-refractivity contribution in [1.82, 2.24) is 0 Å². The van der Waals surface area contributed by atoms with Gasteiger partial charge in [0.15, 0.2) is 0 Å². The van der Waals surface area contributed by atoms with Crippen LogP contribution >= 0.6 is 0 Å². The maximum Gasteiger partial charge on any atom is 0.0643 e. The minimum Gasteiger partial charge on any atom is -0.378 e. The average Bonchev–Trinajstić information content (AvgIpc) is 2.20. The van der Waals surface area contributed by atoms with Crippen LogP contribution in [0.4, 0.5) is 0 Å². The molecule has 0 aliphatic carbocycles. The van der Waals surface area contributed by atoms with Gasteiger partial charge >= 0.3 is 0 Å². The molecule has 1 rings (SSSR count). The Morgan fingerprint density at radius 2 is 2.08 bits per heavy atom. The van der Waals surface area contributed by atoms with E-state index in [0.29, 0.717) is 17.9 Å². The van der Waals surface area contributed by atoms with Crippen LogP contribution in [0.25, 0.3) is 0 Å². The van der Waals surface area contributed by atoms with E-state index in [0.717, 1.165) is 13.2 Å². The first-order valence-corrected chi connectivity index (χ1v) is 5.65. The van der Waals surface area contributed by atoms with Crippen LogP contribution in [0.3, 0.4) is 0 Å². The van der Waals surface area contributed by atoms with Crippen molar-refractivity contribution in [2.75, 3.05) is 13.2 Å². The summed E-state index contributed by atoms with van der Waals surface area (Å²) in [6, 6.07) is 0. The molecule has 2 nitrogen and oxygen atoms in total. The molecular weight excluding hydrogens is 162 g/mol. The van der Waals surface area contributed by atoms with Crippen molar-refractivity contribution in [3.8, 4) is 0 Å². The molecule has 2 N–H and O–H groups in total. The van der Waals surface area contributed by atoms with Gasteiger partial charge < -0.3 is 10.5 Å².